The standard InChI is InChI=1S/C15H18ClN3O2/c1-18-8-2-6-15(14(18)21)7-3-9-19(15)13(20)12-5-4-11(16)10-17-12/h4-5,10H,2-3,6-9H2,1H3. The van der Waals surface area contributed by atoms with Gasteiger partial charge in [0, 0.05) is 26.3 Å². The van der Waals surface area contributed by atoms with E-state index in [2.05, 4.69) is 4.98 Å². The molecule has 2 fully saturated rings. The molecule has 1 unspecified atom stereocenters. The third kappa shape index (κ3) is 2.29. The van der Waals surface area contributed by atoms with Gasteiger partial charge in [0.05, 0.1) is 5.02 Å². The van der Waals surface area contributed by atoms with E-state index in [9.17, 15) is 9.59 Å². The molecule has 0 aliphatic carbocycles. The van der Waals surface area contributed by atoms with E-state index in [0.717, 1.165) is 32.2 Å². The molecule has 0 radical (unpaired) electrons. The summed E-state index contributed by atoms with van der Waals surface area (Å²) >= 11 is 5.81. The first-order chi connectivity index (χ1) is 10.0. The quantitative estimate of drug-likeness (QED) is 0.797. The van der Waals surface area contributed by atoms with Gasteiger partial charge in [0.1, 0.15) is 11.2 Å². The summed E-state index contributed by atoms with van der Waals surface area (Å²) in [4.78, 5) is 32.9. The zero-order valence-electron chi connectivity index (χ0n) is 12.0. The van der Waals surface area contributed by atoms with Crippen LogP contribution >= 0.6 is 11.6 Å². The van der Waals surface area contributed by atoms with E-state index in [1.807, 2.05) is 7.05 Å². The first-order valence-electron chi connectivity index (χ1n) is 7.24. The maximum Gasteiger partial charge on any atom is 0.273 e. The Hall–Kier alpha value is -1.62. The van der Waals surface area contributed by atoms with Gasteiger partial charge in [-0.15, -0.1) is 0 Å². The fourth-order valence-corrected chi connectivity index (χ4v) is 3.58. The Balaban J connectivity index is 1.91. The lowest BCUT2D eigenvalue weighted by molar-refractivity contribution is -0.144. The highest BCUT2D eigenvalue weighted by Gasteiger charge is 2.52. The van der Waals surface area contributed by atoms with Crippen molar-refractivity contribution < 1.29 is 9.59 Å². The Bertz CT molecular complexity index is 575. The minimum absolute atomic E-state index is 0.0635. The summed E-state index contributed by atoms with van der Waals surface area (Å²) in [5, 5.41) is 0.496. The number of pyridine rings is 1. The van der Waals surface area contributed by atoms with Gasteiger partial charge >= 0.3 is 0 Å². The largest absolute Gasteiger partial charge is 0.344 e. The van der Waals surface area contributed by atoms with Crippen LogP contribution in [0.5, 0.6) is 0 Å². The van der Waals surface area contributed by atoms with E-state index >= 15 is 0 Å². The summed E-state index contributed by atoms with van der Waals surface area (Å²) < 4.78 is 0. The van der Waals surface area contributed by atoms with Crippen molar-refractivity contribution in [3.8, 4) is 0 Å². The molecule has 112 valence electrons. The van der Waals surface area contributed by atoms with Crippen molar-refractivity contribution in [3.63, 3.8) is 0 Å². The predicted octanol–water partition coefficient (Wildman–Crippen LogP) is 1.96. The second-order valence-corrected chi connectivity index (χ2v) is 6.22. The van der Waals surface area contributed by atoms with E-state index < -0.39 is 5.54 Å². The number of aromatic nitrogens is 1. The zero-order chi connectivity index (χ0) is 15.0. The average molecular weight is 308 g/mol. The summed E-state index contributed by atoms with van der Waals surface area (Å²) in [5.74, 6) is -0.110. The summed E-state index contributed by atoms with van der Waals surface area (Å²) in [6.07, 6.45) is 4.75. The van der Waals surface area contributed by atoms with Crippen LogP contribution in [0.15, 0.2) is 18.3 Å². The van der Waals surface area contributed by atoms with E-state index in [1.165, 1.54) is 6.20 Å². The number of amides is 2. The lowest BCUT2D eigenvalue weighted by atomic mass is 9.85. The van der Waals surface area contributed by atoms with Crippen molar-refractivity contribution in [2.75, 3.05) is 20.1 Å². The average Bonchev–Trinajstić information content (AvgIpc) is 2.89. The molecule has 2 amide bonds. The summed E-state index contributed by atoms with van der Waals surface area (Å²) in [6.45, 7) is 1.38. The van der Waals surface area contributed by atoms with Crippen LogP contribution in [0.25, 0.3) is 0 Å². The van der Waals surface area contributed by atoms with Gasteiger partial charge in [-0.3, -0.25) is 9.59 Å². The van der Waals surface area contributed by atoms with Crippen LogP contribution in [0.2, 0.25) is 5.02 Å². The zero-order valence-corrected chi connectivity index (χ0v) is 12.8. The molecular formula is C15H18ClN3O2. The Kier molecular flexibility index (Phi) is 3.61. The van der Waals surface area contributed by atoms with Gasteiger partial charge in [0.15, 0.2) is 0 Å². The molecule has 3 rings (SSSR count). The van der Waals surface area contributed by atoms with Gasteiger partial charge < -0.3 is 9.80 Å². The molecule has 3 heterocycles. The van der Waals surface area contributed by atoms with Crippen LogP contribution in [0.3, 0.4) is 0 Å². The molecule has 5 nitrogen and oxygen atoms in total. The topological polar surface area (TPSA) is 53.5 Å². The van der Waals surface area contributed by atoms with Gasteiger partial charge in [-0.1, -0.05) is 11.6 Å². The van der Waals surface area contributed by atoms with Crippen LogP contribution in [0, 0.1) is 0 Å². The molecule has 0 N–H and O–H groups in total. The first-order valence-corrected chi connectivity index (χ1v) is 7.61. The van der Waals surface area contributed by atoms with Crippen molar-refractivity contribution in [3.05, 3.63) is 29.0 Å². The summed E-state index contributed by atoms with van der Waals surface area (Å²) in [5.41, 5.74) is -0.313. The van der Waals surface area contributed by atoms with Crippen LogP contribution in [0.4, 0.5) is 0 Å². The van der Waals surface area contributed by atoms with E-state index in [1.54, 1.807) is 21.9 Å². The van der Waals surface area contributed by atoms with Gasteiger partial charge in [0.25, 0.3) is 5.91 Å². The third-order valence-electron chi connectivity index (χ3n) is 4.51. The minimum atomic E-state index is -0.661. The predicted molar refractivity (Wildman–Crippen MR) is 79.1 cm³/mol. The maximum absolute atomic E-state index is 12.7. The molecular weight excluding hydrogens is 290 g/mol. The van der Waals surface area contributed by atoms with Crippen LogP contribution in [-0.4, -0.2) is 52.3 Å². The molecule has 1 aromatic rings. The molecule has 2 aliphatic heterocycles. The first kappa shape index (κ1) is 14.3. The number of halogens is 1. The highest BCUT2D eigenvalue weighted by atomic mass is 35.5. The van der Waals surface area contributed by atoms with Gasteiger partial charge in [-0.05, 0) is 37.8 Å². The Morgan fingerprint density at radius 1 is 1.29 bits per heavy atom. The van der Waals surface area contributed by atoms with Gasteiger partial charge in [-0.25, -0.2) is 4.98 Å². The second-order valence-electron chi connectivity index (χ2n) is 5.78. The molecule has 0 bridgehead atoms. The number of piperidine rings is 1. The van der Waals surface area contributed by atoms with Crippen molar-refractivity contribution in [2.45, 2.75) is 31.2 Å². The molecule has 6 heteroatoms. The highest BCUT2D eigenvalue weighted by Crippen LogP contribution is 2.38. The Morgan fingerprint density at radius 3 is 2.67 bits per heavy atom. The fourth-order valence-electron chi connectivity index (χ4n) is 3.47. The lowest BCUT2D eigenvalue weighted by Crippen LogP contribution is -2.60. The number of hydrogen-bond donors (Lipinski definition) is 0. The summed E-state index contributed by atoms with van der Waals surface area (Å²) in [6, 6.07) is 3.27. The Morgan fingerprint density at radius 2 is 2.00 bits per heavy atom. The molecule has 2 saturated heterocycles. The minimum Gasteiger partial charge on any atom is -0.344 e. The van der Waals surface area contributed by atoms with E-state index in [4.69, 9.17) is 11.6 Å². The fraction of sp³-hybridized carbons (Fsp3) is 0.533. The van der Waals surface area contributed by atoms with Crippen molar-refractivity contribution >= 4 is 23.4 Å². The van der Waals surface area contributed by atoms with Crippen molar-refractivity contribution in [2.24, 2.45) is 0 Å². The molecule has 0 aromatic carbocycles. The third-order valence-corrected chi connectivity index (χ3v) is 4.73. The maximum atomic E-state index is 12.7. The number of rotatable bonds is 1. The molecule has 1 aromatic heterocycles. The summed E-state index contributed by atoms with van der Waals surface area (Å²) in [7, 11) is 1.81. The molecule has 1 spiro atoms. The highest BCUT2D eigenvalue weighted by molar-refractivity contribution is 6.30. The Labute approximate surface area is 128 Å². The van der Waals surface area contributed by atoms with E-state index in [-0.39, 0.29) is 11.8 Å². The SMILES string of the molecule is CN1CCCC2(CCCN2C(=O)c2ccc(Cl)cn2)C1=O. The van der Waals surface area contributed by atoms with E-state index in [0.29, 0.717) is 17.3 Å². The van der Waals surface area contributed by atoms with Crippen LogP contribution < -0.4 is 0 Å². The number of likely N-dealkylation sites (tertiary alicyclic amines) is 2. The smallest absolute Gasteiger partial charge is 0.273 e. The number of carbonyl (C=O) groups excluding carboxylic acids is 2. The monoisotopic (exact) mass is 307 g/mol. The molecule has 2 aliphatic rings. The van der Waals surface area contributed by atoms with Gasteiger partial charge in [-0.2, -0.15) is 0 Å². The van der Waals surface area contributed by atoms with Crippen LogP contribution in [0.1, 0.15) is 36.2 Å². The molecule has 1 atom stereocenters. The van der Waals surface area contributed by atoms with Crippen molar-refractivity contribution in [1.29, 1.82) is 0 Å². The van der Waals surface area contributed by atoms with Gasteiger partial charge in [0.2, 0.25) is 5.91 Å². The number of nitrogens with zero attached hydrogens (tertiary/aromatic N) is 3. The van der Waals surface area contributed by atoms with Crippen molar-refractivity contribution in [1.82, 2.24) is 14.8 Å². The normalized spacial score (nSPS) is 25.7. The second kappa shape index (κ2) is 5.30. The number of hydrogen-bond acceptors (Lipinski definition) is 3. The lowest BCUT2D eigenvalue weighted by Gasteiger charge is -2.43. The molecule has 21 heavy (non-hydrogen) atoms. The number of carbonyl (C=O) groups is 2. The van der Waals surface area contributed by atoms with Crippen LogP contribution in [-0.2, 0) is 4.79 Å². The number of likely N-dealkylation sites (N-methyl/N-ethyl adjacent to an activating group) is 1. The molecule has 0 saturated carbocycles.